The molecule has 7 rings (SSSR count). The molecular weight excluding hydrogens is 412 g/mol. The van der Waals surface area contributed by atoms with E-state index in [9.17, 15) is 0 Å². The van der Waals surface area contributed by atoms with Crippen molar-refractivity contribution in [3.05, 3.63) is 114 Å². The average Bonchev–Trinajstić information content (AvgIpc) is 2.91. The number of hydrogen-bond donors (Lipinski definition) is 1. The fraction of sp³-hybridized carbons (Fsp3) is 0.0312. The molecule has 2 nitrogen and oxygen atoms in total. The first-order valence-electron chi connectivity index (χ1n) is 11.7. The fourth-order valence-corrected chi connectivity index (χ4v) is 5.37. The highest BCUT2D eigenvalue weighted by Crippen LogP contribution is 2.33. The molecule has 0 radical (unpaired) electrons. The monoisotopic (exact) mass is 434 g/mol. The third kappa shape index (κ3) is 2.93. The quantitative estimate of drug-likeness (QED) is 0.362. The molecule has 0 spiro atoms. The maximum atomic E-state index is 4.56. The minimum Gasteiger partial charge on any atom is -0.387 e. The van der Waals surface area contributed by atoms with Gasteiger partial charge in [-0.2, -0.15) is 0 Å². The van der Waals surface area contributed by atoms with E-state index in [0.717, 1.165) is 6.54 Å². The van der Waals surface area contributed by atoms with Crippen LogP contribution >= 0.6 is 0 Å². The minimum atomic E-state index is 0.816. The lowest BCUT2D eigenvalue weighted by molar-refractivity contribution is 1.06. The van der Waals surface area contributed by atoms with E-state index in [4.69, 9.17) is 0 Å². The molecule has 34 heavy (non-hydrogen) atoms. The van der Waals surface area contributed by atoms with Crippen molar-refractivity contribution in [1.82, 2.24) is 10.3 Å². The molecule has 0 amide bonds. The molecule has 2 heteroatoms. The zero-order chi connectivity index (χ0) is 22.5. The van der Waals surface area contributed by atoms with Gasteiger partial charge in [-0.25, -0.2) is 0 Å². The van der Waals surface area contributed by atoms with Gasteiger partial charge in [0.1, 0.15) is 0 Å². The van der Waals surface area contributed by atoms with Crippen LogP contribution in [0.1, 0.15) is 0 Å². The van der Waals surface area contributed by atoms with Gasteiger partial charge < -0.3 is 5.32 Å². The summed E-state index contributed by atoms with van der Waals surface area (Å²) in [5.41, 5.74) is 4.96. The van der Waals surface area contributed by atoms with Gasteiger partial charge in [-0.3, -0.25) is 4.98 Å². The molecule has 0 atom stereocenters. The maximum absolute atomic E-state index is 4.56. The number of aromatic nitrogens is 1. The highest BCUT2D eigenvalue weighted by atomic mass is 14.8. The lowest BCUT2D eigenvalue weighted by Crippen LogP contribution is -2.36. The van der Waals surface area contributed by atoms with Gasteiger partial charge in [-0.1, -0.05) is 78.9 Å². The Hall–Kier alpha value is -4.43. The summed E-state index contributed by atoms with van der Waals surface area (Å²) in [6, 6.07) is 32.8. The van der Waals surface area contributed by atoms with Crippen LogP contribution in [0.4, 0.5) is 0 Å². The van der Waals surface area contributed by atoms with Crippen LogP contribution in [-0.2, 0) is 0 Å². The second kappa shape index (κ2) is 7.57. The van der Waals surface area contributed by atoms with Crippen molar-refractivity contribution in [3.8, 4) is 22.3 Å². The van der Waals surface area contributed by atoms with Gasteiger partial charge in [0.2, 0.25) is 0 Å². The average molecular weight is 435 g/mol. The highest BCUT2D eigenvalue weighted by molar-refractivity contribution is 6.07. The Labute approximate surface area is 197 Å². The summed E-state index contributed by atoms with van der Waals surface area (Å²) >= 11 is 0. The van der Waals surface area contributed by atoms with Gasteiger partial charge in [0.05, 0.1) is 0 Å². The summed E-state index contributed by atoms with van der Waals surface area (Å²) in [6.07, 6.45) is 8.44. The number of nitrogens with one attached hydrogen (secondary N) is 1. The normalized spacial score (nSPS) is 12.7. The van der Waals surface area contributed by atoms with Crippen molar-refractivity contribution in [3.63, 3.8) is 0 Å². The Morgan fingerprint density at radius 2 is 1.21 bits per heavy atom. The van der Waals surface area contributed by atoms with Gasteiger partial charge in [0, 0.05) is 35.7 Å². The molecule has 0 bridgehead atoms. The zero-order valence-corrected chi connectivity index (χ0v) is 18.6. The third-order valence-electron chi connectivity index (χ3n) is 6.94. The number of benzene rings is 5. The van der Waals surface area contributed by atoms with Gasteiger partial charge in [-0.05, 0) is 72.6 Å². The smallest absolute Gasteiger partial charge is 0.0353 e. The molecular formula is C32H22N2. The van der Waals surface area contributed by atoms with E-state index < -0.39 is 0 Å². The van der Waals surface area contributed by atoms with E-state index in [-0.39, 0.29) is 0 Å². The van der Waals surface area contributed by atoms with E-state index in [2.05, 4.69) is 114 Å². The predicted octanol–water partition coefficient (Wildman–Crippen LogP) is 6.00. The second-order valence-corrected chi connectivity index (χ2v) is 8.88. The van der Waals surface area contributed by atoms with E-state index in [1.54, 1.807) is 0 Å². The summed E-state index contributed by atoms with van der Waals surface area (Å²) in [6.45, 7) is 0.816. The first kappa shape index (κ1) is 19.1. The third-order valence-corrected chi connectivity index (χ3v) is 6.94. The Morgan fingerprint density at radius 3 is 1.88 bits per heavy atom. The second-order valence-electron chi connectivity index (χ2n) is 8.88. The van der Waals surface area contributed by atoms with Gasteiger partial charge in [0.15, 0.2) is 0 Å². The zero-order valence-electron chi connectivity index (χ0n) is 18.6. The molecule has 0 unspecified atom stereocenters. The summed E-state index contributed by atoms with van der Waals surface area (Å²) in [5.74, 6) is 0. The number of hydrogen-bond acceptors (Lipinski definition) is 2. The summed E-state index contributed by atoms with van der Waals surface area (Å²) in [5, 5.41) is 13.4. The molecule has 0 fully saturated rings. The molecule has 1 aromatic heterocycles. The van der Waals surface area contributed by atoms with Crippen LogP contribution in [0.15, 0.2) is 103 Å². The minimum absolute atomic E-state index is 0.816. The van der Waals surface area contributed by atoms with Crippen molar-refractivity contribution < 1.29 is 0 Å². The molecule has 2 heterocycles. The van der Waals surface area contributed by atoms with Crippen molar-refractivity contribution >= 4 is 44.6 Å². The first-order valence-corrected chi connectivity index (χ1v) is 11.7. The summed E-state index contributed by atoms with van der Waals surface area (Å²) in [7, 11) is 0. The van der Waals surface area contributed by atoms with Gasteiger partial charge in [0.25, 0.3) is 0 Å². The van der Waals surface area contributed by atoms with Crippen LogP contribution < -0.4 is 15.8 Å². The van der Waals surface area contributed by atoms with E-state index in [1.807, 2.05) is 12.4 Å². The number of pyridine rings is 1. The van der Waals surface area contributed by atoms with Crippen LogP contribution in [0, 0.1) is 0 Å². The first-order chi connectivity index (χ1) is 16.9. The molecule has 1 aliphatic heterocycles. The van der Waals surface area contributed by atoms with E-state index in [1.165, 1.54) is 65.0 Å². The molecule has 0 aliphatic carbocycles. The van der Waals surface area contributed by atoms with Crippen LogP contribution in [0.2, 0.25) is 0 Å². The van der Waals surface area contributed by atoms with E-state index >= 15 is 0 Å². The van der Waals surface area contributed by atoms with Crippen molar-refractivity contribution in [2.24, 2.45) is 0 Å². The maximum Gasteiger partial charge on any atom is 0.0353 e. The van der Waals surface area contributed by atoms with Gasteiger partial charge in [-0.15, -0.1) is 0 Å². The number of fused-ring (bicyclic) bond motifs is 4. The van der Waals surface area contributed by atoms with Crippen molar-refractivity contribution in [2.45, 2.75) is 0 Å². The summed E-state index contributed by atoms with van der Waals surface area (Å²) in [4.78, 5) is 4.56. The Kier molecular flexibility index (Phi) is 4.25. The van der Waals surface area contributed by atoms with Crippen LogP contribution in [-0.4, -0.2) is 11.5 Å². The van der Waals surface area contributed by atoms with Crippen LogP contribution in [0.5, 0.6) is 0 Å². The summed E-state index contributed by atoms with van der Waals surface area (Å²) < 4.78 is 0. The van der Waals surface area contributed by atoms with Crippen LogP contribution in [0.25, 0.3) is 66.8 Å². The van der Waals surface area contributed by atoms with Crippen molar-refractivity contribution in [1.29, 1.82) is 0 Å². The predicted molar refractivity (Wildman–Crippen MR) is 144 cm³/mol. The Bertz CT molecular complexity index is 1730. The Morgan fingerprint density at radius 1 is 0.588 bits per heavy atom. The fourth-order valence-electron chi connectivity index (χ4n) is 5.37. The lowest BCUT2D eigenvalue weighted by Gasteiger charge is -2.18. The molecule has 160 valence electrons. The standard InChI is InChI=1S/C32H22N2/c1-3-7-23-17-25(11-9-21(23)5-1)31-27-13-15-34-20-30(27)32(28-14-16-33-19-29(28)31)26-12-10-22-6-2-4-8-24(22)18-26/h1-15,17-20,33H,16H2. The Balaban J connectivity index is 1.61. The molecule has 6 aromatic rings. The van der Waals surface area contributed by atoms with Crippen LogP contribution in [0.3, 0.4) is 0 Å². The van der Waals surface area contributed by atoms with Gasteiger partial charge >= 0.3 is 0 Å². The molecule has 0 saturated carbocycles. The topological polar surface area (TPSA) is 24.9 Å². The highest BCUT2D eigenvalue weighted by Gasteiger charge is 2.16. The number of rotatable bonds is 2. The van der Waals surface area contributed by atoms with E-state index in [0.29, 0.717) is 0 Å². The number of nitrogens with zero attached hydrogens (tertiary/aromatic N) is 1. The SMILES string of the molecule is C1=c2c(-c3ccc4ccccc4c3)c3ccncc3c(-c3ccc4ccccc4c3)c2=CCN1. The largest absolute Gasteiger partial charge is 0.387 e. The lowest BCUT2D eigenvalue weighted by atomic mass is 9.87. The van der Waals surface area contributed by atoms with Crippen molar-refractivity contribution in [2.75, 3.05) is 6.54 Å². The molecule has 0 saturated heterocycles. The molecule has 1 aliphatic rings. The molecule has 5 aromatic carbocycles. The molecule has 1 N–H and O–H groups in total.